The highest BCUT2D eigenvalue weighted by Gasteiger charge is 2.36. The van der Waals surface area contributed by atoms with Crippen LogP contribution in [-0.2, 0) is 20.5 Å². The fourth-order valence-electron chi connectivity index (χ4n) is 2.61. The van der Waals surface area contributed by atoms with Gasteiger partial charge in [0, 0.05) is 31.6 Å². The standard InChI is InChI=1S/C16H18ClF3N2O3/c1-10(23)22(7-6-21-15(24)14-3-2-8-25-14)13-5-4-11(17)9-12(13)16(18,19)20/h4-5,9,14H,2-3,6-8H2,1H3,(H,21,24). The maximum Gasteiger partial charge on any atom is 0.418 e. The van der Waals surface area contributed by atoms with Crippen LogP contribution in [-0.4, -0.2) is 37.6 Å². The second kappa shape index (κ2) is 8.05. The number of hydrogen-bond acceptors (Lipinski definition) is 3. The van der Waals surface area contributed by atoms with Gasteiger partial charge in [-0.15, -0.1) is 0 Å². The van der Waals surface area contributed by atoms with Crippen LogP contribution in [0.3, 0.4) is 0 Å². The summed E-state index contributed by atoms with van der Waals surface area (Å²) in [6.45, 7) is 1.59. The molecule has 2 rings (SSSR count). The molecule has 1 heterocycles. The van der Waals surface area contributed by atoms with Crippen molar-refractivity contribution in [1.82, 2.24) is 5.32 Å². The summed E-state index contributed by atoms with van der Waals surface area (Å²) in [4.78, 5) is 24.7. The molecule has 0 radical (unpaired) electrons. The molecule has 9 heteroatoms. The molecule has 0 spiro atoms. The zero-order chi connectivity index (χ0) is 18.6. The van der Waals surface area contributed by atoms with Crippen LogP contribution in [0.5, 0.6) is 0 Å². The summed E-state index contributed by atoms with van der Waals surface area (Å²) in [5, 5.41) is 2.51. The van der Waals surface area contributed by atoms with E-state index in [1.165, 1.54) is 6.07 Å². The van der Waals surface area contributed by atoms with Crippen molar-refractivity contribution in [3.63, 3.8) is 0 Å². The third kappa shape index (κ3) is 5.09. The van der Waals surface area contributed by atoms with E-state index in [-0.39, 0.29) is 29.7 Å². The van der Waals surface area contributed by atoms with Gasteiger partial charge in [-0.2, -0.15) is 13.2 Å². The summed E-state index contributed by atoms with van der Waals surface area (Å²) >= 11 is 5.65. The molecule has 1 fully saturated rings. The fourth-order valence-corrected chi connectivity index (χ4v) is 2.78. The van der Waals surface area contributed by atoms with Gasteiger partial charge in [0.25, 0.3) is 0 Å². The summed E-state index contributed by atoms with van der Waals surface area (Å²) < 4.78 is 44.9. The van der Waals surface area contributed by atoms with Gasteiger partial charge >= 0.3 is 6.18 Å². The molecule has 0 saturated carbocycles. The SMILES string of the molecule is CC(=O)N(CCNC(=O)C1CCCO1)c1ccc(Cl)cc1C(F)(F)F. The number of ether oxygens (including phenoxy) is 1. The third-order valence-corrected chi connectivity index (χ3v) is 4.03. The molecule has 0 aliphatic carbocycles. The Morgan fingerprint density at radius 1 is 1.40 bits per heavy atom. The van der Waals surface area contributed by atoms with E-state index in [1.807, 2.05) is 0 Å². The number of anilines is 1. The van der Waals surface area contributed by atoms with Crippen molar-refractivity contribution in [3.8, 4) is 0 Å². The lowest BCUT2D eigenvalue weighted by Crippen LogP contribution is -2.41. The lowest BCUT2D eigenvalue weighted by molar-refractivity contribution is -0.137. The molecule has 2 amide bonds. The Morgan fingerprint density at radius 3 is 2.68 bits per heavy atom. The van der Waals surface area contributed by atoms with E-state index in [1.54, 1.807) is 0 Å². The van der Waals surface area contributed by atoms with Crippen molar-refractivity contribution in [3.05, 3.63) is 28.8 Å². The lowest BCUT2D eigenvalue weighted by atomic mass is 10.1. The van der Waals surface area contributed by atoms with Crippen LogP contribution in [0.15, 0.2) is 18.2 Å². The normalized spacial score (nSPS) is 17.4. The van der Waals surface area contributed by atoms with E-state index in [0.29, 0.717) is 13.0 Å². The Kier molecular flexibility index (Phi) is 6.29. The van der Waals surface area contributed by atoms with Crippen LogP contribution in [0.1, 0.15) is 25.3 Å². The number of benzene rings is 1. The molecule has 138 valence electrons. The number of nitrogens with zero attached hydrogens (tertiary/aromatic N) is 1. The van der Waals surface area contributed by atoms with E-state index in [2.05, 4.69) is 5.32 Å². The summed E-state index contributed by atoms with van der Waals surface area (Å²) in [6, 6.07) is 3.21. The van der Waals surface area contributed by atoms with Gasteiger partial charge in [-0.05, 0) is 31.0 Å². The minimum Gasteiger partial charge on any atom is -0.368 e. The van der Waals surface area contributed by atoms with E-state index >= 15 is 0 Å². The molecular formula is C16H18ClF3N2O3. The van der Waals surface area contributed by atoms with Gasteiger partial charge in [-0.1, -0.05) is 11.6 Å². The largest absolute Gasteiger partial charge is 0.418 e. The predicted molar refractivity (Wildman–Crippen MR) is 86.5 cm³/mol. The van der Waals surface area contributed by atoms with Crippen LogP contribution in [0.25, 0.3) is 0 Å². The minimum atomic E-state index is -4.66. The van der Waals surface area contributed by atoms with E-state index in [4.69, 9.17) is 16.3 Å². The first-order chi connectivity index (χ1) is 11.7. The van der Waals surface area contributed by atoms with Gasteiger partial charge < -0.3 is 15.0 Å². The molecular weight excluding hydrogens is 361 g/mol. The summed E-state index contributed by atoms with van der Waals surface area (Å²) in [7, 11) is 0. The van der Waals surface area contributed by atoms with Gasteiger partial charge in [0.2, 0.25) is 11.8 Å². The number of halogens is 4. The summed E-state index contributed by atoms with van der Waals surface area (Å²) in [5.41, 5.74) is -1.29. The van der Waals surface area contributed by atoms with Gasteiger partial charge in [0.05, 0.1) is 11.3 Å². The molecule has 1 unspecified atom stereocenters. The molecule has 25 heavy (non-hydrogen) atoms. The van der Waals surface area contributed by atoms with Crippen LogP contribution in [0.4, 0.5) is 18.9 Å². The Balaban J connectivity index is 2.10. The first kappa shape index (κ1) is 19.5. The molecule has 1 aliphatic rings. The predicted octanol–water partition coefficient (Wildman–Crippen LogP) is 3.01. The number of amides is 2. The van der Waals surface area contributed by atoms with Gasteiger partial charge in [-0.3, -0.25) is 9.59 Å². The molecule has 1 saturated heterocycles. The maximum absolute atomic E-state index is 13.2. The topological polar surface area (TPSA) is 58.6 Å². The number of hydrogen-bond donors (Lipinski definition) is 1. The molecule has 0 bridgehead atoms. The molecule has 0 aromatic heterocycles. The number of rotatable bonds is 5. The Labute approximate surface area is 148 Å². The number of carbonyl (C=O) groups excluding carboxylic acids is 2. The summed E-state index contributed by atoms with van der Waals surface area (Å²) in [5.74, 6) is -0.896. The van der Waals surface area contributed by atoms with Crippen molar-refractivity contribution in [2.45, 2.75) is 32.0 Å². The molecule has 5 nitrogen and oxygen atoms in total. The average molecular weight is 379 g/mol. The maximum atomic E-state index is 13.2. The lowest BCUT2D eigenvalue weighted by Gasteiger charge is -2.25. The molecule has 1 atom stereocenters. The Morgan fingerprint density at radius 2 is 2.12 bits per heavy atom. The first-order valence-corrected chi connectivity index (χ1v) is 8.12. The van der Waals surface area contributed by atoms with Crippen molar-refractivity contribution < 1.29 is 27.5 Å². The van der Waals surface area contributed by atoms with Crippen LogP contribution in [0.2, 0.25) is 5.02 Å². The van der Waals surface area contributed by atoms with Crippen LogP contribution < -0.4 is 10.2 Å². The van der Waals surface area contributed by atoms with Crippen LogP contribution >= 0.6 is 11.6 Å². The highest BCUT2D eigenvalue weighted by atomic mass is 35.5. The number of alkyl halides is 3. The van der Waals surface area contributed by atoms with Crippen molar-refractivity contribution >= 4 is 29.1 Å². The highest BCUT2D eigenvalue weighted by molar-refractivity contribution is 6.30. The monoisotopic (exact) mass is 378 g/mol. The molecule has 1 aromatic rings. The van der Waals surface area contributed by atoms with Gasteiger partial charge in [-0.25, -0.2) is 0 Å². The smallest absolute Gasteiger partial charge is 0.368 e. The van der Waals surface area contributed by atoms with E-state index in [9.17, 15) is 22.8 Å². The van der Waals surface area contributed by atoms with Crippen molar-refractivity contribution in [2.24, 2.45) is 0 Å². The Hall–Kier alpha value is -1.80. The quantitative estimate of drug-likeness (QED) is 0.857. The van der Waals surface area contributed by atoms with Gasteiger partial charge in [0.15, 0.2) is 0 Å². The number of carbonyl (C=O) groups is 2. The van der Waals surface area contributed by atoms with Crippen molar-refractivity contribution in [1.29, 1.82) is 0 Å². The average Bonchev–Trinajstić information content (AvgIpc) is 3.05. The fraction of sp³-hybridized carbons (Fsp3) is 0.500. The van der Waals surface area contributed by atoms with E-state index in [0.717, 1.165) is 30.4 Å². The van der Waals surface area contributed by atoms with Crippen molar-refractivity contribution in [2.75, 3.05) is 24.6 Å². The molecule has 1 N–H and O–H groups in total. The highest BCUT2D eigenvalue weighted by Crippen LogP contribution is 2.38. The molecule has 1 aliphatic heterocycles. The van der Waals surface area contributed by atoms with Crippen LogP contribution in [0, 0.1) is 0 Å². The second-order valence-corrected chi connectivity index (χ2v) is 6.06. The first-order valence-electron chi connectivity index (χ1n) is 7.74. The zero-order valence-electron chi connectivity index (χ0n) is 13.5. The van der Waals surface area contributed by atoms with Gasteiger partial charge in [0.1, 0.15) is 6.10 Å². The molecule has 1 aromatic carbocycles. The van der Waals surface area contributed by atoms with E-state index < -0.39 is 23.8 Å². The summed E-state index contributed by atoms with van der Waals surface area (Å²) in [6.07, 6.45) is -3.80. The zero-order valence-corrected chi connectivity index (χ0v) is 14.3. The number of nitrogens with one attached hydrogen (secondary N) is 1. The Bertz CT molecular complexity index is 646. The minimum absolute atomic E-state index is 0.0121. The second-order valence-electron chi connectivity index (χ2n) is 5.62. The third-order valence-electron chi connectivity index (χ3n) is 3.79.